The Kier molecular flexibility index (Phi) is 3.65. The molecule has 2 rings (SSSR count). The fourth-order valence-corrected chi connectivity index (χ4v) is 3.27. The Morgan fingerprint density at radius 3 is 2.44 bits per heavy atom. The molecule has 0 spiro atoms. The molecule has 0 aliphatic carbocycles. The average molecular weight is 250 g/mol. The summed E-state index contributed by atoms with van der Waals surface area (Å²) in [4.78, 5) is 0. The maximum Gasteiger partial charge on any atom is 0.123 e. The largest absolute Gasteiger partial charge is 0.493 e. The maximum absolute atomic E-state index is 13.4. The van der Waals surface area contributed by atoms with E-state index in [1.807, 2.05) is 0 Å². The molecule has 2 heteroatoms. The Morgan fingerprint density at radius 1 is 1.17 bits per heavy atom. The third-order valence-corrected chi connectivity index (χ3v) is 4.67. The van der Waals surface area contributed by atoms with Crippen molar-refractivity contribution in [1.82, 2.24) is 0 Å². The van der Waals surface area contributed by atoms with Crippen molar-refractivity contribution in [2.75, 3.05) is 6.61 Å². The van der Waals surface area contributed by atoms with Gasteiger partial charge < -0.3 is 4.74 Å². The summed E-state index contributed by atoms with van der Waals surface area (Å²) in [5.74, 6) is 1.82. The Bertz CT molecular complexity index is 415. The summed E-state index contributed by atoms with van der Waals surface area (Å²) in [6, 6.07) is 4.89. The SMILES string of the molecule is CC(C)C1(C(C)C)CCOc2ccc(F)cc2C1. The minimum Gasteiger partial charge on any atom is -0.493 e. The van der Waals surface area contributed by atoms with Gasteiger partial charge in [0.05, 0.1) is 6.61 Å². The molecule has 1 aliphatic heterocycles. The molecule has 0 saturated carbocycles. The van der Waals surface area contributed by atoms with E-state index in [9.17, 15) is 4.39 Å². The van der Waals surface area contributed by atoms with Gasteiger partial charge in [0, 0.05) is 0 Å². The van der Waals surface area contributed by atoms with E-state index in [0.717, 1.165) is 30.8 Å². The first-order valence-corrected chi connectivity index (χ1v) is 6.87. The van der Waals surface area contributed by atoms with Crippen LogP contribution in [0.5, 0.6) is 5.75 Å². The van der Waals surface area contributed by atoms with Crippen LogP contribution in [0.3, 0.4) is 0 Å². The molecule has 1 aromatic rings. The molecule has 1 nitrogen and oxygen atoms in total. The van der Waals surface area contributed by atoms with E-state index in [-0.39, 0.29) is 11.2 Å². The van der Waals surface area contributed by atoms with Crippen LogP contribution in [-0.2, 0) is 6.42 Å². The van der Waals surface area contributed by atoms with Gasteiger partial charge in [0.1, 0.15) is 11.6 Å². The van der Waals surface area contributed by atoms with E-state index in [1.165, 1.54) is 6.07 Å². The highest BCUT2D eigenvalue weighted by Crippen LogP contribution is 2.45. The van der Waals surface area contributed by atoms with E-state index in [2.05, 4.69) is 27.7 Å². The summed E-state index contributed by atoms with van der Waals surface area (Å²) in [5, 5.41) is 0. The van der Waals surface area contributed by atoms with Gasteiger partial charge >= 0.3 is 0 Å². The Morgan fingerprint density at radius 2 is 1.83 bits per heavy atom. The van der Waals surface area contributed by atoms with Crippen molar-refractivity contribution >= 4 is 0 Å². The van der Waals surface area contributed by atoms with E-state index < -0.39 is 0 Å². The topological polar surface area (TPSA) is 9.23 Å². The molecular weight excluding hydrogens is 227 g/mol. The minimum atomic E-state index is -0.166. The van der Waals surface area contributed by atoms with Crippen LogP contribution in [0.15, 0.2) is 18.2 Å². The number of hydrogen-bond acceptors (Lipinski definition) is 1. The summed E-state index contributed by atoms with van der Waals surface area (Å²) in [6.45, 7) is 9.80. The Labute approximate surface area is 109 Å². The van der Waals surface area contributed by atoms with Crippen molar-refractivity contribution in [2.45, 2.75) is 40.5 Å². The van der Waals surface area contributed by atoms with Crippen molar-refractivity contribution < 1.29 is 9.13 Å². The minimum absolute atomic E-state index is 0.166. The molecule has 0 amide bonds. The first-order valence-electron chi connectivity index (χ1n) is 6.87. The van der Waals surface area contributed by atoms with Crippen LogP contribution >= 0.6 is 0 Å². The standard InChI is InChI=1S/C16H23FO/c1-11(2)16(12(3)4)7-8-18-15-6-5-14(17)9-13(15)10-16/h5-6,9,11-12H,7-8,10H2,1-4H3. The number of fused-ring (bicyclic) bond motifs is 1. The van der Waals surface area contributed by atoms with Crippen LogP contribution in [0.25, 0.3) is 0 Å². The van der Waals surface area contributed by atoms with Crippen LogP contribution in [0.4, 0.5) is 4.39 Å². The number of halogens is 1. The van der Waals surface area contributed by atoms with Crippen molar-refractivity contribution in [3.05, 3.63) is 29.6 Å². The summed E-state index contributed by atoms with van der Waals surface area (Å²) in [5.41, 5.74) is 1.23. The molecule has 0 aromatic heterocycles. The van der Waals surface area contributed by atoms with Crippen molar-refractivity contribution in [3.63, 3.8) is 0 Å². The predicted octanol–water partition coefficient (Wildman–Crippen LogP) is 4.45. The Balaban J connectivity index is 2.43. The van der Waals surface area contributed by atoms with Crippen LogP contribution in [0, 0.1) is 23.1 Å². The van der Waals surface area contributed by atoms with Crippen LogP contribution in [0.2, 0.25) is 0 Å². The van der Waals surface area contributed by atoms with E-state index in [0.29, 0.717) is 11.8 Å². The summed E-state index contributed by atoms with van der Waals surface area (Å²) in [6.07, 6.45) is 1.95. The van der Waals surface area contributed by atoms with Gasteiger partial charge in [-0.1, -0.05) is 27.7 Å². The Hall–Kier alpha value is -1.05. The first kappa shape index (κ1) is 13.4. The van der Waals surface area contributed by atoms with Crippen LogP contribution < -0.4 is 4.74 Å². The van der Waals surface area contributed by atoms with Gasteiger partial charge in [-0.25, -0.2) is 4.39 Å². The van der Waals surface area contributed by atoms with Gasteiger partial charge in [0.2, 0.25) is 0 Å². The number of benzene rings is 1. The molecule has 100 valence electrons. The van der Waals surface area contributed by atoms with Gasteiger partial charge in [0.25, 0.3) is 0 Å². The second kappa shape index (κ2) is 4.91. The van der Waals surface area contributed by atoms with Gasteiger partial charge in [-0.15, -0.1) is 0 Å². The fourth-order valence-electron chi connectivity index (χ4n) is 3.27. The lowest BCUT2D eigenvalue weighted by Gasteiger charge is -2.40. The highest BCUT2D eigenvalue weighted by Gasteiger charge is 2.39. The molecule has 1 heterocycles. The molecule has 0 unspecified atom stereocenters. The van der Waals surface area contributed by atoms with E-state index >= 15 is 0 Å². The molecule has 0 bridgehead atoms. The summed E-state index contributed by atoms with van der Waals surface area (Å²) in [7, 11) is 0. The van der Waals surface area contributed by atoms with E-state index in [1.54, 1.807) is 12.1 Å². The molecule has 0 radical (unpaired) electrons. The molecule has 1 aromatic carbocycles. The van der Waals surface area contributed by atoms with Crippen molar-refractivity contribution in [1.29, 1.82) is 0 Å². The third-order valence-electron chi connectivity index (χ3n) is 4.67. The second-order valence-corrected chi connectivity index (χ2v) is 6.07. The molecule has 18 heavy (non-hydrogen) atoms. The second-order valence-electron chi connectivity index (χ2n) is 6.07. The van der Waals surface area contributed by atoms with Crippen molar-refractivity contribution in [2.24, 2.45) is 17.3 Å². The molecule has 0 fully saturated rings. The predicted molar refractivity (Wildman–Crippen MR) is 72.3 cm³/mol. The normalized spacial score (nSPS) is 18.4. The molecule has 0 N–H and O–H groups in total. The maximum atomic E-state index is 13.4. The summed E-state index contributed by atoms with van der Waals surface area (Å²) >= 11 is 0. The molecule has 0 saturated heterocycles. The van der Waals surface area contributed by atoms with Crippen LogP contribution in [-0.4, -0.2) is 6.61 Å². The number of rotatable bonds is 2. The smallest absolute Gasteiger partial charge is 0.123 e. The van der Waals surface area contributed by atoms with Crippen LogP contribution in [0.1, 0.15) is 39.7 Å². The van der Waals surface area contributed by atoms with E-state index in [4.69, 9.17) is 4.74 Å². The summed E-state index contributed by atoms with van der Waals surface area (Å²) < 4.78 is 19.2. The lowest BCUT2D eigenvalue weighted by molar-refractivity contribution is 0.0862. The average Bonchev–Trinajstić information content (AvgIpc) is 2.48. The zero-order chi connectivity index (χ0) is 13.3. The fraction of sp³-hybridized carbons (Fsp3) is 0.625. The lowest BCUT2D eigenvalue weighted by atomic mass is 9.64. The van der Waals surface area contributed by atoms with Gasteiger partial charge in [-0.2, -0.15) is 0 Å². The number of ether oxygens (including phenoxy) is 1. The quantitative estimate of drug-likeness (QED) is 0.753. The third kappa shape index (κ3) is 2.25. The van der Waals surface area contributed by atoms with Crippen molar-refractivity contribution in [3.8, 4) is 5.75 Å². The molecule has 0 atom stereocenters. The van der Waals surface area contributed by atoms with Gasteiger partial charge in [0.15, 0.2) is 0 Å². The van der Waals surface area contributed by atoms with Gasteiger partial charge in [-0.3, -0.25) is 0 Å². The lowest BCUT2D eigenvalue weighted by Crippen LogP contribution is -2.36. The van der Waals surface area contributed by atoms with Gasteiger partial charge in [-0.05, 0) is 53.9 Å². The zero-order valence-electron chi connectivity index (χ0n) is 11.8. The first-order chi connectivity index (χ1) is 8.45. The molecular formula is C16H23FO. The number of hydrogen-bond donors (Lipinski definition) is 0. The molecule has 1 aliphatic rings. The zero-order valence-corrected chi connectivity index (χ0v) is 11.8. The highest BCUT2D eigenvalue weighted by atomic mass is 19.1. The highest BCUT2D eigenvalue weighted by molar-refractivity contribution is 5.36. The monoisotopic (exact) mass is 250 g/mol.